The molecule has 0 saturated carbocycles. The van der Waals surface area contributed by atoms with E-state index in [-0.39, 0.29) is 5.92 Å². The predicted octanol–water partition coefficient (Wildman–Crippen LogP) is 2.49. The summed E-state index contributed by atoms with van der Waals surface area (Å²) in [5.74, 6) is 0.125. The highest BCUT2D eigenvalue weighted by atomic mass is 16.2. The van der Waals surface area contributed by atoms with E-state index in [1.165, 1.54) is 0 Å². The highest BCUT2D eigenvalue weighted by Gasteiger charge is 2.13. The molecule has 0 aromatic heterocycles. The number of nitrogens with one attached hydrogen (secondary N) is 1. The minimum absolute atomic E-state index is 0.125. The maximum absolute atomic E-state index is 10.9. The molecule has 0 atom stereocenters. The molecule has 0 unspecified atom stereocenters. The molecule has 0 aliphatic heterocycles. The van der Waals surface area contributed by atoms with Crippen molar-refractivity contribution in [3.63, 3.8) is 0 Å². The van der Waals surface area contributed by atoms with Crippen molar-refractivity contribution in [3.8, 4) is 0 Å². The Balaban J connectivity index is 2.26. The fraction of sp³-hybridized carbons (Fsp3) is 0.133. The Bertz CT molecular complexity index is 457. The zero-order valence-corrected chi connectivity index (χ0v) is 10.0. The fourth-order valence-corrected chi connectivity index (χ4v) is 2.00. The summed E-state index contributed by atoms with van der Waals surface area (Å²) >= 11 is 0. The van der Waals surface area contributed by atoms with Crippen molar-refractivity contribution in [1.29, 1.82) is 0 Å². The van der Waals surface area contributed by atoms with Crippen molar-refractivity contribution in [1.82, 2.24) is 5.32 Å². The molecule has 0 saturated heterocycles. The average molecular weight is 240 g/mol. The molecular formula is C15H16N2O. The van der Waals surface area contributed by atoms with Gasteiger partial charge in [-0.25, -0.2) is 4.79 Å². The van der Waals surface area contributed by atoms with E-state index < -0.39 is 6.03 Å². The van der Waals surface area contributed by atoms with E-state index in [1.807, 2.05) is 36.4 Å². The Morgan fingerprint density at radius 1 is 0.944 bits per heavy atom. The van der Waals surface area contributed by atoms with E-state index in [9.17, 15) is 4.79 Å². The number of benzene rings is 2. The maximum Gasteiger partial charge on any atom is 0.312 e. The lowest BCUT2D eigenvalue weighted by atomic mass is 9.91. The first kappa shape index (κ1) is 12.2. The van der Waals surface area contributed by atoms with Crippen LogP contribution in [0.4, 0.5) is 4.79 Å². The van der Waals surface area contributed by atoms with Crippen LogP contribution in [-0.4, -0.2) is 12.6 Å². The molecule has 2 aromatic carbocycles. The predicted molar refractivity (Wildman–Crippen MR) is 72.3 cm³/mol. The topological polar surface area (TPSA) is 55.1 Å². The molecule has 0 radical (unpaired) electrons. The van der Waals surface area contributed by atoms with Crippen LogP contribution in [0.2, 0.25) is 0 Å². The number of amides is 2. The van der Waals surface area contributed by atoms with Crippen LogP contribution in [0.5, 0.6) is 0 Å². The highest BCUT2D eigenvalue weighted by molar-refractivity contribution is 5.71. The molecule has 3 heteroatoms. The van der Waals surface area contributed by atoms with Gasteiger partial charge in [0.1, 0.15) is 0 Å². The van der Waals surface area contributed by atoms with E-state index in [2.05, 4.69) is 29.6 Å². The number of nitrogens with two attached hydrogens (primary N) is 1. The summed E-state index contributed by atoms with van der Waals surface area (Å²) in [4.78, 5) is 10.9. The van der Waals surface area contributed by atoms with Gasteiger partial charge in [-0.05, 0) is 11.1 Å². The Morgan fingerprint density at radius 3 is 1.78 bits per heavy atom. The third-order valence-electron chi connectivity index (χ3n) is 2.88. The summed E-state index contributed by atoms with van der Waals surface area (Å²) in [7, 11) is 0. The zero-order chi connectivity index (χ0) is 12.8. The van der Waals surface area contributed by atoms with Gasteiger partial charge < -0.3 is 11.1 Å². The SMILES string of the molecule is NC(=O)NCC(c1ccccc1)c1ccccc1. The summed E-state index contributed by atoms with van der Waals surface area (Å²) in [6.07, 6.45) is 0. The largest absolute Gasteiger partial charge is 0.352 e. The van der Waals surface area contributed by atoms with Crippen molar-refractivity contribution < 1.29 is 4.79 Å². The van der Waals surface area contributed by atoms with Gasteiger partial charge in [0.25, 0.3) is 0 Å². The van der Waals surface area contributed by atoms with Gasteiger partial charge in [0.05, 0.1) is 0 Å². The van der Waals surface area contributed by atoms with Crippen LogP contribution in [0.15, 0.2) is 60.7 Å². The van der Waals surface area contributed by atoms with Crippen LogP contribution >= 0.6 is 0 Å². The lowest BCUT2D eigenvalue weighted by Crippen LogP contribution is -2.33. The molecule has 0 heterocycles. The molecule has 92 valence electrons. The summed E-state index contributed by atoms with van der Waals surface area (Å²) in [6, 6.07) is 19.7. The fourth-order valence-electron chi connectivity index (χ4n) is 2.00. The van der Waals surface area contributed by atoms with E-state index >= 15 is 0 Å². The number of carbonyl (C=O) groups is 1. The minimum atomic E-state index is -0.494. The molecule has 18 heavy (non-hydrogen) atoms. The van der Waals surface area contributed by atoms with Gasteiger partial charge in [-0.2, -0.15) is 0 Å². The smallest absolute Gasteiger partial charge is 0.312 e. The highest BCUT2D eigenvalue weighted by Crippen LogP contribution is 2.23. The van der Waals surface area contributed by atoms with Gasteiger partial charge in [-0.1, -0.05) is 60.7 Å². The summed E-state index contributed by atoms with van der Waals surface area (Å²) in [5, 5.41) is 2.68. The standard InChI is InChI=1S/C15H16N2O/c16-15(18)17-11-14(12-7-3-1-4-8-12)13-9-5-2-6-10-13/h1-10,14H,11H2,(H3,16,17,18). The summed E-state index contributed by atoms with van der Waals surface area (Å²) in [6.45, 7) is 0.503. The third-order valence-corrected chi connectivity index (χ3v) is 2.88. The first-order valence-corrected chi connectivity index (χ1v) is 5.90. The van der Waals surface area contributed by atoms with Crippen molar-refractivity contribution in [2.45, 2.75) is 5.92 Å². The van der Waals surface area contributed by atoms with Gasteiger partial charge in [-0.15, -0.1) is 0 Å². The number of rotatable bonds is 4. The molecular weight excluding hydrogens is 224 g/mol. The first-order valence-electron chi connectivity index (χ1n) is 5.90. The molecule has 3 N–H and O–H groups in total. The number of urea groups is 1. The van der Waals surface area contributed by atoms with Crippen LogP contribution in [-0.2, 0) is 0 Å². The zero-order valence-electron chi connectivity index (χ0n) is 10.0. The van der Waals surface area contributed by atoms with E-state index in [1.54, 1.807) is 0 Å². The van der Waals surface area contributed by atoms with Crippen LogP contribution < -0.4 is 11.1 Å². The van der Waals surface area contributed by atoms with Crippen LogP contribution in [0.25, 0.3) is 0 Å². The van der Waals surface area contributed by atoms with Gasteiger partial charge >= 0.3 is 6.03 Å². The average Bonchev–Trinajstić information content (AvgIpc) is 2.41. The molecule has 2 amide bonds. The van der Waals surface area contributed by atoms with E-state index in [4.69, 9.17) is 5.73 Å². The number of primary amides is 1. The normalized spacial score (nSPS) is 10.3. The monoisotopic (exact) mass is 240 g/mol. The van der Waals surface area contributed by atoms with Crippen LogP contribution in [0.3, 0.4) is 0 Å². The third kappa shape index (κ3) is 3.10. The first-order chi connectivity index (χ1) is 8.77. The van der Waals surface area contributed by atoms with Crippen molar-refractivity contribution in [3.05, 3.63) is 71.8 Å². The second-order valence-corrected chi connectivity index (χ2v) is 4.12. The molecule has 0 spiro atoms. The van der Waals surface area contributed by atoms with Gasteiger partial charge in [0.2, 0.25) is 0 Å². The van der Waals surface area contributed by atoms with Crippen molar-refractivity contribution in [2.75, 3.05) is 6.54 Å². The molecule has 2 rings (SSSR count). The summed E-state index contributed by atoms with van der Waals surface area (Å²) in [5.41, 5.74) is 7.48. The Hall–Kier alpha value is -2.29. The Kier molecular flexibility index (Phi) is 3.97. The molecule has 3 nitrogen and oxygen atoms in total. The van der Waals surface area contributed by atoms with E-state index in [0.717, 1.165) is 11.1 Å². The minimum Gasteiger partial charge on any atom is -0.352 e. The number of hydrogen-bond donors (Lipinski definition) is 2. The maximum atomic E-state index is 10.9. The second kappa shape index (κ2) is 5.87. The summed E-state index contributed by atoms with van der Waals surface area (Å²) < 4.78 is 0. The van der Waals surface area contributed by atoms with Crippen LogP contribution in [0.1, 0.15) is 17.0 Å². The number of hydrogen-bond acceptors (Lipinski definition) is 1. The Morgan fingerprint density at radius 2 is 1.39 bits per heavy atom. The van der Waals surface area contributed by atoms with Gasteiger partial charge in [-0.3, -0.25) is 0 Å². The van der Waals surface area contributed by atoms with Gasteiger partial charge in [0.15, 0.2) is 0 Å². The quantitative estimate of drug-likeness (QED) is 0.847. The van der Waals surface area contributed by atoms with E-state index in [0.29, 0.717) is 6.54 Å². The van der Waals surface area contributed by atoms with Crippen LogP contribution in [0, 0.1) is 0 Å². The molecule has 0 bridgehead atoms. The molecule has 0 aliphatic rings. The molecule has 0 aliphatic carbocycles. The lowest BCUT2D eigenvalue weighted by Gasteiger charge is -2.18. The number of carbonyl (C=O) groups excluding carboxylic acids is 1. The van der Waals surface area contributed by atoms with Gasteiger partial charge in [0, 0.05) is 12.5 Å². The molecule has 2 aromatic rings. The van der Waals surface area contributed by atoms with Crippen molar-refractivity contribution in [2.24, 2.45) is 5.73 Å². The second-order valence-electron chi connectivity index (χ2n) is 4.12. The lowest BCUT2D eigenvalue weighted by molar-refractivity contribution is 0.248. The molecule has 0 fully saturated rings. The van der Waals surface area contributed by atoms with Crippen molar-refractivity contribution >= 4 is 6.03 Å². The Labute approximate surface area is 107 Å².